The van der Waals surface area contributed by atoms with Crippen molar-refractivity contribution >= 4 is 20.2 Å². The van der Waals surface area contributed by atoms with Gasteiger partial charge in [-0.15, -0.1) is 0 Å². The van der Waals surface area contributed by atoms with E-state index in [4.69, 9.17) is 10.2 Å². The molecule has 1 aromatic carbocycles. The summed E-state index contributed by atoms with van der Waals surface area (Å²) in [5, 5.41) is 18.0. The first-order valence-corrected chi connectivity index (χ1v) is 6.33. The molecule has 0 saturated carbocycles. The summed E-state index contributed by atoms with van der Waals surface area (Å²) < 4.78 is 63.1. The van der Waals surface area contributed by atoms with E-state index in [2.05, 4.69) is 0 Å². The van der Waals surface area contributed by atoms with Crippen LogP contribution in [0.15, 0.2) is 21.9 Å². The minimum absolute atomic E-state index is 0. The fourth-order valence-electron chi connectivity index (χ4n) is 0.939. The third kappa shape index (κ3) is 5.73. The predicted molar refractivity (Wildman–Crippen MR) is 45.7 cm³/mol. The molecule has 0 unspecified atom stereocenters. The fourth-order valence-corrected chi connectivity index (χ4v) is 2.08. The maximum absolute atomic E-state index is 10.5. The van der Waals surface area contributed by atoms with Gasteiger partial charge in [-0.05, 0) is 0 Å². The Balaban J connectivity index is 0. The van der Waals surface area contributed by atoms with Crippen LogP contribution >= 0.6 is 0 Å². The molecule has 1 rings (SSSR count). The van der Waals surface area contributed by atoms with Crippen LogP contribution in [0.5, 0.6) is 11.5 Å². The molecule has 0 radical (unpaired) electrons. The molecule has 0 amide bonds. The maximum Gasteiger partial charge on any atom is 1.00 e. The summed E-state index contributed by atoms with van der Waals surface area (Å²) in [6.45, 7) is 0. The molecule has 0 spiro atoms. The number of benzene rings is 1. The summed E-state index contributed by atoms with van der Waals surface area (Å²) in [6.07, 6.45) is 0. The van der Waals surface area contributed by atoms with Crippen LogP contribution in [-0.4, -0.2) is 36.2 Å². The van der Waals surface area contributed by atoms with Gasteiger partial charge in [0.15, 0.2) is 0 Å². The number of aromatic hydroxyl groups is 2. The third-order valence-electron chi connectivity index (χ3n) is 1.58. The van der Waals surface area contributed by atoms with Gasteiger partial charge >= 0.3 is 103 Å². The predicted octanol–water partition coefficient (Wildman–Crippen LogP) is -7.09. The zero-order chi connectivity index (χ0) is 12.7. The van der Waals surface area contributed by atoms with Crippen LogP contribution < -0.4 is 103 Å². The number of rotatable bonds is 2. The van der Waals surface area contributed by atoms with Gasteiger partial charge in [-0.2, -0.15) is 0 Å². The molecule has 0 atom stereocenters. The van der Waals surface area contributed by atoms with Gasteiger partial charge in [-0.1, -0.05) is 0 Å². The summed E-state index contributed by atoms with van der Waals surface area (Å²) in [4.78, 5) is -2.42. The average Bonchev–Trinajstić information content (AvgIpc) is 2.04. The van der Waals surface area contributed by atoms with Crippen molar-refractivity contribution in [3.05, 3.63) is 12.1 Å². The van der Waals surface area contributed by atoms with E-state index < -0.39 is 41.5 Å². The second-order valence-corrected chi connectivity index (χ2v) is 5.39. The summed E-state index contributed by atoms with van der Waals surface area (Å²) >= 11 is 0. The van der Waals surface area contributed by atoms with Crippen LogP contribution in [0.1, 0.15) is 0 Å². The van der Waals surface area contributed by atoms with Crippen LogP contribution in [0.25, 0.3) is 0 Å². The van der Waals surface area contributed by atoms with Crippen LogP contribution in [0.3, 0.4) is 0 Å². The van der Waals surface area contributed by atoms with E-state index in [1.165, 1.54) is 0 Å². The molecule has 12 heteroatoms. The Bertz CT molecular complexity index is 578. The molecular formula is C6H4K2O8S2. The normalized spacial score (nSPS) is 11.2. The van der Waals surface area contributed by atoms with Gasteiger partial charge < -0.3 is 19.3 Å². The van der Waals surface area contributed by atoms with Crippen LogP contribution in [-0.2, 0) is 20.2 Å². The minimum atomic E-state index is -5.08. The van der Waals surface area contributed by atoms with E-state index in [1.807, 2.05) is 0 Å². The first-order chi connectivity index (χ1) is 7.03. The molecule has 0 aliphatic heterocycles. The van der Waals surface area contributed by atoms with E-state index in [0.717, 1.165) is 0 Å². The largest absolute Gasteiger partial charge is 1.00 e. The quantitative estimate of drug-likeness (QED) is 0.304. The van der Waals surface area contributed by atoms with Crippen LogP contribution in [0.4, 0.5) is 0 Å². The van der Waals surface area contributed by atoms with Gasteiger partial charge in [0.1, 0.15) is 31.7 Å². The third-order valence-corrected chi connectivity index (χ3v) is 3.31. The SMILES string of the molecule is O=S(=O)([O-])c1cc(O)c(S(=O)(=O)[O-])cc1O.[K+].[K+]. The molecule has 90 valence electrons. The Labute approximate surface area is 188 Å². The van der Waals surface area contributed by atoms with Crippen molar-refractivity contribution in [2.75, 3.05) is 0 Å². The average molecular weight is 346 g/mol. The van der Waals surface area contributed by atoms with Gasteiger partial charge in [0.2, 0.25) is 0 Å². The fraction of sp³-hybridized carbons (Fsp3) is 0. The van der Waals surface area contributed by atoms with Crippen molar-refractivity contribution in [1.29, 1.82) is 0 Å². The summed E-state index contributed by atoms with van der Waals surface area (Å²) in [5.74, 6) is -2.44. The smallest absolute Gasteiger partial charge is 0.744 e. The maximum atomic E-state index is 10.5. The Hall–Kier alpha value is 1.91. The second kappa shape index (κ2) is 7.79. The van der Waals surface area contributed by atoms with Crippen molar-refractivity contribution in [2.24, 2.45) is 0 Å². The first kappa shape index (κ1) is 22.2. The van der Waals surface area contributed by atoms with E-state index in [1.54, 1.807) is 0 Å². The molecule has 0 aliphatic carbocycles. The molecule has 0 heterocycles. The Morgan fingerprint density at radius 1 is 0.778 bits per heavy atom. The number of phenolic OH excluding ortho intramolecular Hbond substituents is 2. The first-order valence-electron chi connectivity index (χ1n) is 3.51. The zero-order valence-electron chi connectivity index (χ0n) is 9.32. The van der Waals surface area contributed by atoms with Gasteiger partial charge in [0.05, 0.1) is 9.79 Å². The molecule has 2 N–H and O–H groups in total. The standard InChI is InChI=1S/C6H6O8S2.2K/c7-3-1-5(15(9,10)11)4(8)2-6(3)16(12,13)14;;/h1-2,7-8H,(H,9,10,11)(H,12,13,14);;/q;2*+1/p-2. The zero-order valence-corrected chi connectivity index (χ0v) is 17.2. The van der Waals surface area contributed by atoms with Crippen molar-refractivity contribution < 1.29 is 139 Å². The number of phenols is 2. The Kier molecular flexibility index (Phi) is 9.61. The monoisotopic (exact) mass is 346 g/mol. The molecular weight excluding hydrogens is 342 g/mol. The van der Waals surface area contributed by atoms with Crippen molar-refractivity contribution in [3.63, 3.8) is 0 Å². The molecule has 8 nitrogen and oxygen atoms in total. The van der Waals surface area contributed by atoms with Crippen LogP contribution in [0, 0.1) is 0 Å². The molecule has 1 aromatic rings. The Morgan fingerprint density at radius 3 is 1.17 bits per heavy atom. The van der Waals surface area contributed by atoms with E-state index in [9.17, 15) is 25.9 Å². The summed E-state index contributed by atoms with van der Waals surface area (Å²) in [7, 11) is -10.2. The van der Waals surface area contributed by atoms with E-state index >= 15 is 0 Å². The van der Waals surface area contributed by atoms with Crippen molar-refractivity contribution in [2.45, 2.75) is 9.79 Å². The van der Waals surface area contributed by atoms with Crippen molar-refractivity contribution in [1.82, 2.24) is 0 Å². The molecule has 18 heavy (non-hydrogen) atoms. The molecule has 0 aromatic heterocycles. The second-order valence-electron chi connectivity index (χ2n) is 2.70. The molecule has 0 aliphatic rings. The molecule has 0 fully saturated rings. The van der Waals surface area contributed by atoms with Crippen LogP contribution in [0.2, 0.25) is 0 Å². The van der Waals surface area contributed by atoms with E-state index in [0.29, 0.717) is 0 Å². The Morgan fingerprint density at radius 2 is 1.00 bits per heavy atom. The topological polar surface area (TPSA) is 155 Å². The molecule has 0 saturated heterocycles. The summed E-state index contributed by atoms with van der Waals surface area (Å²) in [5.41, 5.74) is 0. The van der Waals surface area contributed by atoms with Gasteiger partial charge in [-0.3, -0.25) is 0 Å². The summed E-state index contributed by atoms with van der Waals surface area (Å²) in [6, 6.07) is 0.394. The van der Waals surface area contributed by atoms with Gasteiger partial charge in [-0.25, -0.2) is 16.8 Å². The van der Waals surface area contributed by atoms with Gasteiger partial charge in [0, 0.05) is 12.1 Å². The number of hydrogen-bond acceptors (Lipinski definition) is 8. The van der Waals surface area contributed by atoms with E-state index in [-0.39, 0.29) is 115 Å². The number of hydrogen-bond donors (Lipinski definition) is 2. The molecule has 0 bridgehead atoms. The van der Waals surface area contributed by atoms with Gasteiger partial charge in [0.25, 0.3) is 0 Å². The van der Waals surface area contributed by atoms with Crippen molar-refractivity contribution in [3.8, 4) is 11.5 Å². The minimum Gasteiger partial charge on any atom is -0.744 e.